The number of Topliss-reactive ketones (excluding diaryl/α,β-unsaturated/α-hetero) is 1. The Balaban J connectivity index is 1.81. The van der Waals surface area contributed by atoms with Crippen molar-refractivity contribution in [2.24, 2.45) is 11.3 Å². The van der Waals surface area contributed by atoms with Crippen LogP contribution in [0.15, 0.2) is 0 Å². The van der Waals surface area contributed by atoms with Gasteiger partial charge in [0.15, 0.2) is 5.78 Å². The van der Waals surface area contributed by atoms with Crippen molar-refractivity contribution < 1.29 is 19.7 Å². The number of hydrogen-bond acceptors (Lipinski definition) is 4. The van der Waals surface area contributed by atoms with Gasteiger partial charge < -0.3 is 14.9 Å². The van der Waals surface area contributed by atoms with Gasteiger partial charge in [0.2, 0.25) is 0 Å². The summed E-state index contributed by atoms with van der Waals surface area (Å²) in [6.07, 6.45) is 3.73. The van der Waals surface area contributed by atoms with E-state index in [4.69, 9.17) is 4.74 Å². The van der Waals surface area contributed by atoms with Gasteiger partial charge >= 0.3 is 0 Å². The lowest BCUT2D eigenvalue weighted by Crippen LogP contribution is -2.43. The van der Waals surface area contributed by atoms with Crippen LogP contribution in [-0.4, -0.2) is 41.4 Å². The Kier molecular flexibility index (Phi) is 4.41. The van der Waals surface area contributed by atoms with Gasteiger partial charge in [0, 0.05) is 6.42 Å². The molecule has 104 valence electrons. The zero-order chi connectivity index (χ0) is 13.2. The van der Waals surface area contributed by atoms with Crippen molar-refractivity contribution in [3.8, 4) is 0 Å². The second kappa shape index (κ2) is 5.68. The van der Waals surface area contributed by atoms with Crippen LogP contribution in [-0.2, 0) is 9.53 Å². The molecule has 2 rings (SSSR count). The van der Waals surface area contributed by atoms with Crippen LogP contribution in [0.2, 0.25) is 0 Å². The molecule has 2 saturated carbocycles. The van der Waals surface area contributed by atoms with E-state index >= 15 is 0 Å². The molecule has 2 aliphatic carbocycles. The monoisotopic (exact) mass is 256 g/mol. The van der Waals surface area contributed by atoms with Crippen LogP contribution in [0.1, 0.15) is 45.4 Å². The fraction of sp³-hybridized carbons (Fsp3) is 0.929. The highest BCUT2D eigenvalue weighted by Crippen LogP contribution is 2.51. The van der Waals surface area contributed by atoms with Crippen LogP contribution >= 0.6 is 0 Å². The molecule has 18 heavy (non-hydrogen) atoms. The van der Waals surface area contributed by atoms with Crippen molar-refractivity contribution in [1.82, 2.24) is 0 Å². The summed E-state index contributed by atoms with van der Waals surface area (Å²) in [6.45, 7) is 2.72. The maximum absolute atomic E-state index is 11.4. The Bertz CT molecular complexity index is 304. The number of hydrogen-bond donors (Lipinski definition) is 2. The first-order valence-electron chi connectivity index (χ1n) is 7.02. The third-order valence-corrected chi connectivity index (χ3v) is 4.46. The van der Waals surface area contributed by atoms with Crippen molar-refractivity contribution in [2.45, 2.75) is 57.7 Å². The van der Waals surface area contributed by atoms with Crippen molar-refractivity contribution in [2.75, 3.05) is 13.2 Å². The van der Waals surface area contributed by atoms with Crippen molar-refractivity contribution >= 4 is 5.78 Å². The summed E-state index contributed by atoms with van der Waals surface area (Å²) in [4.78, 5) is 11.4. The average Bonchev–Trinajstić information content (AvgIpc) is 2.68. The zero-order valence-electron chi connectivity index (χ0n) is 11.1. The Morgan fingerprint density at radius 3 is 2.89 bits per heavy atom. The first-order chi connectivity index (χ1) is 8.56. The molecule has 2 bridgehead atoms. The maximum atomic E-state index is 11.4. The highest BCUT2D eigenvalue weighted by molar-refractivity contribution is 5.79. The molecule has 4 heteroatoms. The topological polar surface area (TPSA) is 66.8 Å². The van der Waals surface area contributed by atoms with Crippen molar-refractivity contribution in [1.29, 1.82) is 0 Å². The van der Waals surface area contributed by atoms with E-state index in [0.717, 1.165) is 25.7 Å². The highest BCUT2D eigenvalue weighted by Gasteiger charge is 2.49. The lowest BCUT2D eigenvalue weighted by Gasteiger charge is -2.38. The molecule has 2 N–H and O–H groups in total. The number of carbonyl (C=O) groups is 1. The Morgan fingerprint density at radius 2 is 2.17 bits per heavy atom. The second-order valence-corrected chi connectivity index (χ2v) is 6.05. The molecule has 0 heterocycles. The molecule has 4 atom stereocenters. The number of ether oxygens (including phenoxy) is 1. The molecule has 2 aliphatic rings. The van der Waals surface area contributed by atoms with Crippen LogP contribution in [0.25, 0.3) is 0 Å². The van der Waals surface area contributed by atoms with Crippen LogP contribution in [0, 0.1) is 11.3 Å². The molecule has 2 fully saturated rings. The lowest BCUT2D eigenvalue weighted by molar-refractivity contribution is -0.126. The number of aliphatic hydroxyl groups excluding tert-OH is 2. The summed E-state index contributed by atoms with van der Waals surface area (Å²) in [7, 11) is 0. The molecule has 0 aromatic heterocycles. The second-order valence-electron chi connectivity index (χ2n) is 6.05. The van der Waals surface area contributed by atoms with E-state index in [2.05, 4.69) is 0 Å². The quantitative estimate of drug-likeness (QED) is 0.751. The molecule has 0 spiro atoms. The van der Waals surface area contributed by atoms with Gasteiger partial charge in [-0.3, -0.25) is 4.79 Å². The number of aliphatic hydroxyl groups is 2. The maximum Gasteiger partial charge on any atom is 0.158 e. The fourth-order valence-corrected chi connectivity index (χ4v) is 3.53. The third-order valence-electron chi connectivity index (χ3n) is 4.46. The standard InChI is InChI=1S/C14H24O4/c1-2-3-11(15)8-18-9-14-5-4-10(6-14)13(17)12(16)7-14/h10,12-13,16-17H,2-9H2,1H3/t10?,12-,13+,14?/m0/s1. The van der Waals surface area contributed by atoms with E-state index in [-0.39, 0.29) is 23.7 Å². The van der Waals surface area contributed by atoms with E-state index in [1.165, 1.54) is 0 Å². The minimum atomic E-state index is -0.624. The van der Waals surface area contributed by atoms with Crippen molar-refractivity contribution in [3.05, 3.63) is 0 Å². The zero-order valence-corrected chi connectivity index (χ0v) is 11.1. The molecular formula is C14H24O4. The number of carbonyl (C=O) groups excluding carboxylic acids is 1. The lowest BCUT2D eigenvalue weighted by atomic mass is 9.74. The van der Waals surface area contributed by atoms with Gasteiger partial charge in [-0.25, -0.2) is 0 Å². The highest BCUT2D eigenvalue weighted by atomic mass is 16.5. The molecule has 0 aliphatic heterocycles. The number of rotatable bonds is 6. The summed E-state index contributed by atoms with van der Waals surface area (Å²) in [5, 5.41) is 19.7. The van der Waals surface area contributed by atoms with Gasteiger partial charge in [0.25, 0.3) is 0 Å². The van der Waals surface area contributed by atoms with Gasteiger partial charge in [-0.05, 0) is 43.4 Å². The molecule has 0 aromatic rings. The van der Waals surface area contributed by atoms with Crippen LogP contribution in [0.5, 0.6) is 0 Å². The predicted octanol–water partition coefficient (Wildman–Crippen LogP) is 1.28. The van der Waals surface area contributed by atoms with E-state index in [9.17, 15) is 15.0 Å². The van der Waals surface area contributed by atoms with Crippen LogP contribution < -0.4 is 0 Å². The SMILES string of the molecule is CCCC(=O)COCC12CCC(C1)[C@@H](O)[C@@H](O)C2. The van der Waals surface area contributed by atoms with Gasteiger partial charge in [0.05, 0.1) is 18.8 Å². The summed E-state index contributed by atoms with van der Waals surface area (Å²) in [5.41, 5.74) is -0.00416. The first-order valence-corrected chi connectivity index (χ1v) is 7.02. The van der Waals surface area contributed by atoms with E-state index in [1.807, 2.05) is 6.92 Å². The van der Waals surface area contributed by atoms with Gasteiger partial charge in [-0.15, -0.1) is 0 Å². The third kappa shape index (κ3) is 2.92. The number of ketones is 1. The minimum absolute atomic E-state index is 0.00416. The first kappa shape index (κ1) is 14.0. The Morgan fingerprint density at radius 1 is 1.39 bits per heavy atom. The molecule has 0 saturated heterocycles. The smallest absolute Gasteiger partial charge is 0.158 e. The van der Waals surface area contributed by atoms with Gasteiger partial charge in [-0.2, -0.15) is 0 Å². The van der Waals surface area contributed by atoms with Crippen molar-refractivity contribution in [3.63, 3.8) is 0 Å². The molecule has 2 unspecified atom stereocenters. The average molecular weight is 256 g/mol. The predicted molar refractivity (Wildman–Crippen MR) is 67.1 cm³/mol. The molecular weight excluding hydrogens is 232 g/mol. The molecule has 4 nitrogen and oxygen atoms in total. The molecule has 0 radical (unpaired) electrons. The minimum Gasteiger partial charge on any atom is -0.390 e. The largest absolute Gasteiger partial charge is 0.390 e. The van der Waals surface area contributed by atoms with Crippen LogP contribution in [0.3, 0.4) is 0 Å². The summed E-state index contributed by atoms with van der Waals surface area (Å²) in [6, 6.07) is 0. The van der Waals surface area contributed by atoms with E-state index in [0.29, 0.717) is 19.4 Å². The fourth-order valence-electron chi connectivity index (χ4n) is 3.53. The van der Waals surface area contributed by atoms with E-state index in [1.54, 1.807) is 0 Å². The van der Waals surface area contributed by atoms with E-state index < -0.39 is 12.2 Å². The molecule has 0 aromatic carbocycles. The summed E-state index contributed by atoms with van der Waals surface area (Å²) in [5.74, 6) is 0.364. The molecule has 0 amide bonds. The van der Waals surface area contributed by atoms with Gasteiger partial charge in [0.1, 0.15) is 6.61 Å². The van der Waals surface area contributed by atoms with Gasteiger partial charge in [-0.1, -0.05) is 6.92 Å². The normalized spacial score (nSPS) is 38.9. The van der Waals surface area contributed by atoms with Crippen LogP contribution in [0.4, 0.5) is 0 Å². The number of fused-ring (bicyclic) bond motifs is 2. The Labute approximate surface area is 108 Å². The summed E-state index contributed by atoms with van der Waals surface area (Å²) < 4.78 is 5.55. The Hall–Kier alpha value is -0.450. The summed E-state index contributed by atoms with van der Waals surface area (Å²) >= 11 is 0.